The molecular weight excluding hydrogens is 196 g/mol. The fraction of sp³-hybridized carbons (Fsp3) is 0.545. The lowest BCUT2D eigenvalue weighted by molar-refractivity contribution is 0.399. The van der Waals surface area contributed by atoms with Gasteiger partial charge in [-0.2, -0.15) is 0 Å². The van der Waals surface area contributed by atoms with Gasteiger partial charge in [-0.15, -0.1) is 11.6 Å². The standard InChI is InChI=1S/C11H15ClN2/c1-14(10-5-2-6-10)11-9(8-12)4-3-7-13-11/h3-4,7,10H,2,5-6,8H2,1H3. The van der Waals surface area contributed by atoms with E-state index in [1.807, 2.05) is 18.3 Å². The van der Waals surface area contributed by atoms with Gasteiger partial charge in [0.2, 0.25) is 0 Å². The zero-order valence-electron chi connectivity index (χ0n) is 8.41. The third kappa shape index (κ3) is 1.71. The highest BCUT2D eigenvalue weighted by Gasteiger charge is 2.24. The fourth-order valence-electron chi connectivity index (χ4n) is 1.80. The smallest absolute Gasteiger partial charge is 0.132 e. The van der Waals surface area contributed by atoms with E-state index in [1.165, 1.54) is 19.3 Å². The van der Waals surface area contributed by atoms with Crippen molar-refractivity contribution in [2.75, 3.05) is 11.9 Å². The third-order valence-corrected chi connectivity index (χ3v) is 3.26. The molecule has 1 aliphatic rings. The second kappa shape index (κ2) is 4.18. The van der Waals surface area contributed by atoms with Crippen molar-refractivity contribution < 1.29 is 0 Å². The summed E-state index contributed by atoms with van der Waals surface area (Å²) >= 11 is 5.88. The van der Waals surface area contributed by atoms with Gasteiger partial charge in [-0.3, -0.25) is 0 Å². The maximum absolute atomic E-state index is 5.88. The van der Waals surface area contributed by atoms with Crippen LogP contribution in [0, 0.1) is 0 Å². The number of halogens is 1. The van der Waals surface area contributed by atoms with Gasteiger partial charge in [-0.05, 0) is 25.3 Å². The van der Waals surface area contributed by atoms with E-state index in [-0.39, 0.29) is 0 Å². The van der Waals surface area contributed by atoms with Crippen molar-refractivity contribution in [3.05, 3.63) is 23.9 Å². The summed E-state index contributed by atoms with van der Waals surface area (Å²) in [4.78, 5) is 6.66. The Morgan fingerprint density at radius 2 is 2.36 bits per heavy atom. The molecule has 0 spiro atoms. The summed E-state index contributed by atoms with van der Waals surface area (Å²) in [6.07, 6.45) is 5.75. The first kappa shape index (κ1) is 9.78. The Balaban J connectivity index is 2.20. The van der Waals surface area contributed by atoms with Crippen molar-refractivity contribution in [2.24, 2.45) is 0 Å². The Hall–Kier alpha value is -0.760. The van der Waals surface area contributed by atoms with Crippen molar-refractivity contribution in [1.82, 2.24) is 4.98 Å². The van der Waals surface area contributed by atoms with Gasteiger partial charge in [-0.25, -0.2) is 4.98 Å². The van der Waals surface area contributed by atoms with Crippen LogP contribution in [0.3, 0.4) is 0 Å². The summed E-state index contributed by atoms with van der Waals surface area (Å²) < 4.78 is 0. The van der Waals surface area contributed by atoms with Gasteiger partial charge in [-0.1, -0.05) is 6.07 Å². The number of alkyl halides is 1. The number of aromatic nitrogens is 1. The maximum Gasteiger partial charge on any atom is 0.132 e. The van der Waals surface area contributed by atoms with Crippen LogP contribution in [0.5, 0.6) is 0 Å². The van der Waals surface area contributed by atoms with Crippen molar-refractivity contribution in [1.29, 1.82) is 0 Å². The Kier molecular flexibility index (Phi) is 2.92. The third-order valence-electron chi connectivity index (χ3n) is 2.97. The number of anilines is 1. The van der Waals surface area contributed by atoms with Crippen molar-refractivity contribution in [2.45, 2.75) is 31.2 Å². The van der Waals surface area contributed by atoms with Gasteiger partial charge in [0, 0.05) is 24.8 Å². The topological polar surface area (TPSA) is 16.1 Å². The minimum absolute atomic E-state index is 0.542. The molecule has 2 nitrogen and oxygen atoms in total. The SMILES string of the molecule is CN(c1ncccc1CCl)C1CCC1. The molecule has 1 aliphatic carbocycles. The van der Waals surface area contributed by atoms with Crippen molar-refractivity contribution >= 4 is 17.4 Å². The largest absolute Gasteiger partial charge is 0.356 e. The quantitative estimate of drug-likeness (QED) is 0.714. The fourth-order valence-corrected chi connectivity index (χ4v) is 2.01. The van der Waals surface area contributed by atoms with Crippen LogP contribution < -0.4 is 4.90 Å². The molecule has 1 aromatic heterocycles. The number of hydrogen-bond acceptors (Lipinski definition) is 2. The molecule has 0 saturated heterocycles. The van der Waals surface area contributed by atoms with E-state index in [2.05, 4.69) is 16.9 Å². The summed E-state index contributed by atoms with van der Waals surface area (Å²) in [5, 5.41) is 0. The van der Waals surface area contributed by atoms with Crippen LogP contribution in [-0.4, -0.2) is 18.1 Å². The van der Waals surface area contributed by atoms with Gasteiger partial charge in [0.1, 0.15) is 5.82 Å². The molecule has 0 bridgehead atoms. The average Bonchev–Trinajstić information content (AvgIpc) is 2.15. The van der Waals surface area contributed by atoms with Gasteiger partial charge in [0.05, 0.1) is 5.88 Å². The lowest BCUT2D eigenvalue weighted by Gasteiger charge is -2.36. The Morgan fingerprint density at radius 1 is 1.57 bits per heavy atom. The monoisotopic (exact) mass is 210 g/mol. The molecule has 0 aliphatic heterocycles. The molecular formula is C11H15ClN2. The minimum Gasteiger partial charge on any atom is -0.356 e. The van der Waals surface area contributed by atoms with Crippen LogP contribution in [0.15, 0.2) is 18.3 Å². The van der Waals surface area contributed by atoms with Crippen LogP contribution in [0.2, 0.25) is 0 Å². The molecule has 0 atom stereocenters. The lowest BCUT2D eigenvalue weighted by atomic mass is 9.92. The van der Waals surface area contributed by atoms with Crippen LogP contribution >= 0.6 is 11.6 Å². The minimum atomic E-state index is 0.542. The van der Waals surface area contributed by atoms with Crippen molar-refractivity contribution in [3.8, 4) is 0 Å². The summed E-state index contributed by atoms with van der Waals surface area (Å²) in [6, 6.07) is 4.66. The number of rotatable bonds is 3. The predicted molar refractivity (Wildman–Crippen MR) is 59.8 cm³/mol. The summed E-state index contributed by atoms with van der Waals surface area (Å²) in [6.45, 7) is 0. The molecule has 1 heterocycles. The van der Waals surface area contributed by atoms with E-state index in [1.54, 1.807) is 0 Å². The van der Waals surface area contributed by atoms with Gasteiger partial charge >= 0.3 is 0 Å². The molecule has 0 amide bonds. The lowest BCUT2D eigenvalue weighted by Crippen LogP contribution is -2.38. The number of hydrogen-bond donors (Lipinski definition) is 0. The maximum atomic E-state index is 5.88. The summed E-state index contributed by atoms with van der Waals surface area (Å²) in [5.74, 6) is 1.59. The summed E-state index contributed by atoms with van der Waals surface area (Å²) in [5.41, 5.74) is 1.13. The second-order valence-corrected chi connectivity index (χ2v) is 4.08. The van der Waals surface area contributed by atoms with E-state index >= 15 is 0 Å². The van der Waals surface area contributed by atoms with Gasteiger partial charge in [0.15, 0.2) is 0 Å². The zero-order valence-corrected chi connectivity index (χ0v) is 9.17. The molecule has 0 N–H and O–H groups in total. The molecule has 1 saturated carbocycles. The highest BCUT2D eigenvalue weighted by molar-refractivity contribution is 6.17. The second-order valence-electron chi connectivity index (χ2n) is 3.82. The normalized spacial score (nSPS) is 16.4. The molecule has 3 heteroatoms. The van der Waals surface area contributed by atoms with E-state index in [9.17, 15) is 0 Å². The Labute approximate surface area is 89.9 Å². The predicted octanol–water partition coefficient (Wildman–Crippen LogP) is 2.81. The van der Waals surface area contributed by atoms with Crippen LogP contribution in [0.1, 0.15) is 24.8 Å². The number of nitrogens with zero attached hydrogens (tertiary/aromatic N) is 2. The van der Waals surface area contributed by atoms with Gasteiger partial charge < -0.3 is 4.90 Å². The van der Waals surface area contributed by atoms with Crippen LogP contribution in [0.25, 0.3) is 0 Å². The van der Waals surface area contributed by atoms with E-state index in [0.717, 1.165) is 11.4 Å². The van der Waals surface area contributed by atoms with E-state index in [4.69, 9.17) is 11.6 Å². The Morgan fingerprint density at radius 3 is 2.93 bits per heavy atom. The first-order valence-electron chi connectivity index (χ1n) is 5.05. The highest BCUT2D eigenvalue weighted by Crippen LogP contribution is 2.29. The van der Waals surface area contributed by atoms with Crippen LogP contribution in [-0.2, 0) is 5.88 Å². The van der Waals surface area contributed by atoms with Crippen LogP contribution in [0.4, 0.5) is 5.82 Å². The molecule has 0 aromatic carbocycles. The molecule has 76 valence electrons. The van der Waals surface area contributed by atoms with E-state index < -0.39 is 0 Å². The molecule has 1 aromatic rings. The zero-order chi connectivity index (χ0) is 9.97. The number of pyridine rings is 1. The van der Waals surface area contributed by atoms with E-state index in [0.29, 0.717) is 11.9 Å². The molecule has 0 unspecified atom stereocenters. The highest BCUT2D eigenvalue weighted by atomic mass is 35.5. The van der Waals surface area contributed by atoms with Crippen molar-refractivity contribution in [3.63, 3.8) is 0 Å². The molecule has 0 radical (unpaired) electrons. The first-order valence-corrected chi connectivity index (χ1v) is 5.59. The summed E-state index contributed by atoms with van der Waals surface area (Å²) in [7, 11) is 2.11. The average molecular weight is 211 g/mol. The molecule has 14 heavy (non-hydrogen) atoms. The first-order chi connectivity index (χ1) is 6.83. The van der Waals surface area contributed by atoms with Gasteiger partial charge in [0.25, 0.3) is 0 Å². The molecule has 1 fully saturated rings. The Bertz CT molecular complexity index is 310. The molecule has 2 rings (SSSR count).